The quantitative estimate of drug-likeness (QED) is 0.0222. The zero-order valence-corrected chi connectivity index (χ0v) is 50.9. The predicted molar refractivity (Wildman–Crippen MR) is 303 cm³/mol. The average molecular weight is 1140 g/mol. The van der Waals surface area contributed by atoms with Crippen molar-refractivity contribution >= 4 is 39.5 Å². The first kappa shape index (κ1) is 75.1. The Morgan fingerprint density at radius 2 is 0.597 bits per heavy atom. The van der Waals surface area contributed by atoms with E-state index in [9.17, 15) is 43.2 Å². The first-order valence-corrected chi connectivity index (χ1v) is 33.6. The molecule has 0 spiro atoms. The van der Waals surface area contributed by atoms with Gasteiger partial charge in [-0.25, -0.2) is 9.13 Å². The van der Waals surface area contributed by atoms with Crippen LogP contribution in [0.2, 0.25) is 0 Å². The van der Waals surface area contributed by atoms with Crippen molar-refractivity contribution in [2.24, 2.45) is 5.92 Å². The fourth-order valence-corrected chi connectivity index (χ4v) is 10.1. The molecular weight excluding hydrogens is 1030 g/mol. The third-order valence-electron chi connectivity index (χ3n) is 13.3. The number of aliphatic hydroxyl groups excluding tert-OH is 1. The van der Waals surface area contributed by atoms with Crippen LogP contribution in [0, 0.1) is 5.92 Å². The van der Waals surface area contributed by atoms with Crippen molar-refractivity contribution < 1.29 is 80.2 Å². The molecule has 0 heterocycles. The van der Waals surface area contributed by atoms with Gasteiger partial charge in [-0.3, -0.25) is 37.3 Å². The van der Waals surface area contributed by atoms with Gasteiger partial charge in [-0.05, 0) is 31.6 Å². The standard InChI is InChI=1S/C58H112O17P2/c1-6-9-12-15-18-21-22-23-28-34-39-44-58(63)75-54(48-69-56(61)42-37-32-29-24-25-30-35-40-51(4)5)50-73-77(66,67)71-46-52(59)45-70-76(64,65)72-49-53(74-57(62)43-38-33-27-20-17-14-11-8-3)47-68-55(60)41-36-31-26-19-16-13-10-7-2/h51-54,59H,6-50H2,1-5H3,(H,64,65)(H,66,67)/t52-,53+,54+/m0/s1. The zero-order chi connectivity index (χ0) is 57.1. The van der Waals surface area contributed by atoms with Crippen LogP contribution in [-0.4, -0.2) is 96.7 Å². The molecule has 17 nitrogen and oxygen atoms in total. The number of unbranched alkanes of at least 4 members (excludes halogenated alkanes) is 30. The Bertz CT molecular complexity index is 1520. The summed E-state index contributed by atoms with van der Waals surface area (Å²) in [6, 6.07) is 0. The Morgan fingerprint density at radius 3 is 0.883 bits per heavy atom. The molecule has 0 aliphatic heterocycles. The van der Waals surface area contributed by atoms with Gasteiger partial charge >= 0.3 is 39.5 Å². The zero-order valence-electron chi connectivity index (χ0n) is 49.1. The molecule has 0 aliphatic rings. The van der Waals surface area contributed by atoms with Crippen molar-refractivity contribution in [1.29, 1.82) is 0 Å². The maximum atomic E-state index is 12.9. The van der Waals surface area contributed by atoms with E-state index in [0.717, 1.165) is 109 Å². The summed E-state index contributed by atoms with van der Waals surface area (Å²) in [6.07, 6.45) is 33.6. The van der Waals surface area contributed by atoms with Gasteiger partial charge in [-0.1, -0.05) is 234 Å². The summed E-state index contributed by atoms with van der Waals surface area (Å²) in [5, 5.41) is 10.5. The topological polar surface area (TPSA) is 237 Å². The first-order valence-electron chi connectivity index (χ1n) is 30.6. The van der Waals surface area contributed by atoms with Crippen LogP contribution >= 0.6 is 15.6 Å². The minimum atomic E-state index is -4.94. The number of carbonyl (C=O) groups excluding carboxylic acids is 4. The third-order valence-corrected chi connectivity index (χ3v) is 15.2. The second-order valence-corrected chi connectivity index (χ2v) is 24.4. The van der Waals surface area contributed by atoms with Gasteiger partial charge in [-0.15, -0.1) is 0 Å². The summed E-state index contributed by atoms with van der Waals surface area (Å²) in [4.78, 5) is 71.7. The van der Waals surface area contributed by atoms with Gasteiger partial charge in [0.1, 0.15) is 19.3 Å². The first-order chi connectivity index (χ1) is 37.0. The van der Waals surface area contributed by atoms with Crippen LogP contribution in [0.25, 0.3) is 0 Å². The highest BCUT2D eigenvalue weighted by molar-refractivity contribution is 7.47. The van der Waals surface area contributed by atoms with E-state index in [1.807, 2.05) is 0 Å². The fourth-order valence-electron chi connectivity index (χ4n) is 8.52. The molecule has 2 unspecified atom stereocenters. The minimum Gasteiger partial charge on any atom is -0.462 e. The summed E-state index contributed by atoms with van der Waals surface area (Å²) in [7, 11) is -9.87. The molecule has 77 heavy (non-hydrogen) atoms. The van der Waals surface area contributed by atoms with Gasteiger partial charge in [0.05, 0.1) is 26.4 Å². The Balaban J connectivity index is 5.21. The van der Waals surface area contributed by atoms with Crippen LogP contribution in [0.1, 0.15) is 285 Å². The Labute approximate surface area is 467 Å². The number of rotatable bonds is 58. The van der Waals surface area contributed by atoms with Crippen molar-refractivity contribution in [2.45, 2.75) is 303 Å². The molecule has 0 rings (SSSR count). The van der Waals surface area contributed by atoms with Crippen LogP contribution in [0.4, 0.5) is 0 Å². The molecular formula is C58H112O17P2. The molecule has 0 saturated carbocycles. The lowest BCUT2D eigenvalue weighted by Gasteiger charge is -2.21. The third kappa shape index (κ3) is 53.2. The highest BCUT2D eigenvalue weighted by Gasteiger charge is 2.30. The highest BCUT2D eigenvalue weighted by atomic mass is 31.2. The predicted octanol–water partition coefficient (Wildman–Crippen LogP) is 15.5. The van der Waals surface area contributed by atoms with E-state index >= 15 is 0 Å². The van der Waals surface area contributed by atoms with E-state index in [2.05, 4.69) is 34.6 Å². The molecule has 0 amide bonds. The van der Waals surface area contributed by atoms with Gasteiger partial charge in [0, 0.05) is 25.7 Å². The summed E-state index contributed by atoms with van der Waals surface area (Å²) < 4.78 is 67.6. The van der Waals surface area contributed by atoms with E-state index in [-0.39, 0.29) is 25.7 Å². The second-order valence-electron chi connectivity index (χ2n) is 21.5. The highest BCUT2D eigenvalue weighted by Crippen LogP contribution is 2.45. The maximum Gasteiger partial charge on any atom is 0.472 e. The maximum absolute atomic E-state index is 12.9. The van der Waals surface area contributed by atoms with Crippen molar-refractivity contribution in [2.75, 3.05) is 39.6 Å². The summed E-state index contributed by atoms with van der Waals surface area (Å²) in [5.41, 5.74) is 0. The molecule has 3 N–H and O–H groups in total. The smallest absolute Gasteiger partial charge is 0.462 e. The van der Waals surface area contributed by atoms with E-state index < -0.39 is 97.5 Å². The van der Waals surface area contributed by atoms with Crippen molar-refractivity contribution in [3.05, 3.63) is 0 Å². The summed E-state index contributed by atoms with van der Waals surface area (Å²) in [6.45, 7) is 7.03. The molecule has 0 aromatic heterocycles. The van der Waals surface area contributed by atoms with Crippen LogP contribution in [0.5, 0.6) is 0 Å². The second kappa shape index (κ2) is 52.2. The molecule has 5 atom stereocenters. The average Bonchev–Trinajstić information content (AvgIpc) is 3.39. The molecule has 0 aromatic carbocycles. The number of phosphoric ester groups is 2. The van der Waals surface area contributed by atoms with Gasteiger partial charge in [0.15, 0.2) is 12.2 Å². The lowest BCUT2D eigenvalue weighted by molar-refractivity contribution is -0.161. The number of carbonyl (C=O) groups is 4. The number of phosphoric acid groups is 2. The molecule has 0 aliphatic carbocycles. The van der Waals surface area contributed by atoms with E-state index in [1.54, 1.807) is 0 Å². The molecule has 0 saturated heterocycles. The van der Waals surface area contributed by atoms with Crippen LogP contribution in [-0.2, 0) is 65.4 Å². The summed E-state index contributed by atoms with van der Waals surface area (Å²) in [5.74, 6) is -1.44. The van der Waals surface area contributed by atoms with Crippen molar-refractivity contribution in [1.82, 2.24) is 0 Å². The molecule has 0 aromatic rings. The van der Waals surface area contributed by atoms with Gasteiger partial charge in [0.25, 0.3) is 0 Å². The van der Waals surface area contributed by atoms with Crippen molar-refractivity contribution in [3.63, 3.8) is 0 Å². The van der Waals surface area contributed by atoms with Crippen LogP contribution in [0.15, 0.2) is 0 Å². The van der Waals surface area contributed by atoms with Gasteiger partial charge < -0.3 is 33.8 Å². The lowest BCUT2D eigenvalue weighted by atomic mass is 10.0. The minimum absolute atomic E-state index is 0.105. The summed E-state index contributed by atoms with van der Waals surface area (Å²) >= 11 is 0. The van der Waals surface area contributed by atoms with E-state index in [1.165, 1.54) is 89.9 Å². The van der Waals surface area contributed by atoms with Crippen LogP contribution < -0.4 is 0 Å². The van der Waals surface area contributed by atoms with E-state index in [4.69, 9.17) is 37.0 Å². The molecule has 0 radical (unpaired) electrons. The largest absolute Gasteiger partial charge is 0.472 e. The number of ether oxygens (including phenoxy) is 4. The van der Waals surface area contributed by atoms with E-state index in [0.29, 0.717) is 31.6 Å². The van der Waals surface area contributed by atoms with Gasteiger partial charge in [0.2, 0.25) is 0 Å². The Kier molecular flexibility index (Phi) is 50.8. The molecule has 0 bridgehead atoms. The fraction of sp³-hybridized carbons (Fsp3) is 0.931. The Hall–Kier alpha value is -1.94. The SMILES string of the molecule is CCCCCCCCCCCCCC(=O)O[C@H](COC(=O)CCCCCCCCCC(C)C)COP(=O)(O)OC[C@@H](O)COP(=O)(O)OC[C@@H](COC(=O)CCCCCCCCCC)OC(=O)CCCCCCCCCC. The molecule has 0 fully saturated rings. The molecule has 19 heteroatoms. The number of aliphatic hydroxyl groups is 1. The number of hydrogen-bond donors (Lipinski definition) is 3. The van der Waals surface area contributed by atoms with Crippen LogP contribution in [0.3, 0.4) is 0 Å². The monoisotopic (exact) mass is 1140 g/mol. The Morgan fingerprint density at radius 1 is 0.351 bits per heavy atom. The molecule has 456 valence electrons. The van der Waals surface area contributed by atoms with Gasteiger partial charge in [-0.2, -0.15) is 0 Å². The van der Waals surface area contributed by atoms with Crippen molar-refractivity contribution in [3.8, 4) is 0 Å². The number of hydrogen-bond acceptors (Lipinski definition) is 15. The number of esters is 4. The normalized spacial score (nSPS) is 14.4. The lowest BCUT2D eigenvalue weighted by Crippen LogP contribution is -2.30.